The SMILES string of the molecule is C=C(NCc1cc2cc(C)ccc2[nH]1)NC1CCCN(C(=S)c2ccc(F)cn2)C1. The number of thiocarbonyl (C=S) groups is 1. The Balaban J connectivity index is 1.30. The molecule has 3 heterocycles. The fourth-order valence-electron chi connectivity index (χ4n) is 3.85. The zero-order valence-electron chi connectivity index (χ0n) is 17.0. The minimum absolute atomic E-state index is 0.238. The van der Waals surface area contributed by atoms with Crippen molar-refractivity contribution in [1.29, 1.82) is 0 Å². The van der Waals surface area contributed by atoms with E-state index in [-0.39, 0.29) is 11.9 Å². The van der Waals surface area contributed by atoms with Crippen LogP contribution in [0.3, 0.4) is 0 Å². The molecule has 1 aliphatic rings. The Morgan fingerprint density at radius 1 is 1.33 bits per heavy atom. The number of hydrogen-bond acceptors (Lipinski definition) is 4. The van der Waals surface area contributed by atoms with Crippen LogP contribution in [0.1, 0.15) is 29.8 Å². The highest BCUT2D eigenvalue weighted by atomic mass is 32.1. The molecular weight excluding hydrogens is 397 g/mol. The first-order chi connectivity index (χ1) is 14.5. The van der Waals surface area contributed by atoms with Crippen molar-refractivity contribution in [3.05, 3.63) is 77.8 Å². The summed E-state index contributed by atoms with van der Waals surface area (Å²) in [6.07, 6.45) is 3.27. The van der Waals surface area contributed by atoms with Gasteiger partial charge in [0.15, 0.2) is 0 Å². The van der Waals surface area contributed by atoms with Crippen LogP contribution < -0.4 is 10.6 Å². The van der Waals surface area contributed by atoms with Crippen LogP contribution in [0.15, 0.2) is 55.0 Å². The summed E-state index contributed by atoms with van der Waals surface area (Å²) in [5, 5.41) is 8.06. The standard InChI is InChI=1S/C23H26FN5S/c1-15-5-7-21-17(10-15)11-20(28-21)13-25-16(2)27-19-4-3-9-29(14-19)23(30)22-8-6-18(24)12-26-22/h5-8,10-12,19,25,27-28H,2-4,9,13-14H2,1H3. The summed E-state index contributed by atoms with van der Waals surface area (Å²) >= 11 is 5.58. The number of nitrogens with one attached hydrogen (secondary N) is 3. The van der Waals surface area contributed by atoms with Gasteiger partial charge in [-0.2, -0.15) is 0 Å². The van der Waals surface area contributed by atoms with Crippen LogP contribution in [0.2, 0.25) is 0 Å². The smallest absolute Gasteiger partial charge is 0.141 e. The molecule has 1 aliphatic heterocycles. The summed E-state index contributed by atoms with van der Waals surface area (Å²) in [6.45, 7) is 8.55. The van der Waals surface area contributed by atoms with Gasteiger partial charge in [-0.05, 0) is 55.5 Å². The number of rotatable bonds is 6. The molecule has 1 fully saturated rings. The predicted octanol–water partition coefficient (Wildman–Crippen LogP) is 4.00. The Kier molecular flexibility index (Phi) is 5.99. The molecule has 1 atom stereocenters. The fourth-order valence-corrected chi connectivity index (χ4v) is 4.14. The van der Waals surface area contributed by atoms with Crippen LogP contribution in [-0.4, -0.2) is 39.0 Å². The number of nitrogens with zero attached hydrogens (tertiary/aromatic N) is 2. The Hall–Kier alpha value is -2.93. The lowest BCUT2D eigenvalue weighted by Gasteiger charge is -2.35. The molecule has 5 nitrogen and oxygen atoms in total. The van der Waals surface area contributed by atoms with Crippen LogP contribution >= 0.6 is 12.2 Å². The van der Waals surface area contributed by atoms with Gasteiger partial charge in [0.05, 0.1) is 24.3 Å². The molecule has 4 rings (SSSR count). The second-order valence-corrected chi connectivity index (χ2v) is 8.20. The molecule has 2 aromatic heterocycles. The Morgan fingerprint density at radius 3 is 3.00 bits per heavy atom. The Labute approximate surface area is 181 Å². The van der Waals surface area contributed by atoms with Crippen LogP contribution in [0.25, 0.3) is 10.9 Å². The maximum atomic E-state index is 13.1. The number of aromatic amines is 1. The summed E-state index contributed by atoms with van der Waals surface area (Å²) in [6, 6.07) is 11.8. The number of likely N-dealkylation sites (tertiary alicyclic amines) is 1. The van der Waals surface area contributed by atoms with Crippen molar-refractivity contribution in [3.63, 3.8) is 0 Å². The Bertz CT molecular complexity index is 1060. The quantitative estimate of drug-likeness (QED) is 0.523. The molecule has 1 unspecified atom stereocenters. The van der Waals surface area contributed by atoms with E-state index in [1.165, 1.54) is 23.2 Å². The van der Waals surface area contributed by atoms with Crippen LogP contribution in [0.4, 0.5) is 4.39 Å². The molecule has 0 amide bonds. The highest BCUT2D eigenvalue weighted by molar-refractivity contribution is 7.80. The van der Waals surface area contributed by atoms with E-state index in [4.69, 9.17) is 12.2 Å². The number of pyridine rings is 1. The van der Waals surface area contributed by atoms with Gasteiger partial charge < -0.3 is 20.5 Å². The minimum atomic E-state index is -0.354. The summed E-state index contributed by atoms with van der Waals surface area (Å²) < 4.78 is 13.1. The second-order valence-electron chi connectivity index (χ2n) is 7.81. The van der Waals surface area contributed by atoms with E-state index in [2.05, 4.69) is 63.3 Å². The number of halogens is 1. The second kappa shape index (κ2) is 8.83. The average Bonchev–Trinajstić information content (AvgIpc) is 3.14. The first-order valence-electron chi connectivity index (χ1n) is 10.2. The molecular formula is C23H26FN5S. The topological polar surface area (TPSA) is 56.0 Å². The minimum Gasteiger partial charge on any atom is -0.368 e. The van der Waals surface area contributed by atoms with Crippen molar-refractivity contribution < 1.29 is 4.39 Å². The van der Waals surface area contributed by atoms with E-state index >= 15 is 0 Å². The molecule has 0 aliphatic carbocycles. The fraction of sp³-hybridized carbons (Fsp3) is 0.304. The maximum Gasteiger partial charge on any atom is 0.141 e. The predicted molar refractivity (Wildman–Crippen MR) is 123 cm³/mol. The monoisotopic (exact) mass is 423 g/mol. The zero-order valence-corrected chi connectivity index (χ0v) is 17.9. The third-order valence-corrected chi connectivity index (χ3v) is 5.83. The van der Waals surface area contributed by atoms with Crippen molar-refractivity contribution in [1.82, 2.24) is 25.5 Å². The van der Waals surface area contributed by atoms with Gasteiger partial charge in [0, 0.05) is 30.3 Å². The van der Waals surface area contributed by atoms with Gasteiger partial charge >= 0.3 is 0 Å². The molecule has 3 N–H and O–H groups in total. The lowest BCUT2D eigenvalue weighted by molar-refractivity contribution is 0.287. The van der Waals surface area contributed by atoms with Gasteiger partial charge in [0.2, 0.25) is 0 Å². The first-order valence-corrected chi connectivity index (χ1v) is 10.6. The van der Waals surface area contributed by atoms with E-state index < -0.39 is 0 Å². The van der Waals surface area contributed by atoms with Gasteiger partial charge in [-0.25, -0.2) is 4.39 Å². The molecule has 1 aromatic carbocycles. The Morgan fingerprint density at radius 2 is 2.20 bits per heavy atom. The number of H-pyrrole nitrogens is 1. The van der Waals surface area contributed by atoms with E-state index in [9.17, 15) is 4.39 Å². The van der Waals surface area contributed by atoms with E-state index in [1.54, 1.807) is 6.07 Å². The number of benzene rings is 1. The maximum absolute atomic E-state index is 13.1. The van der Waals surface area contributed by atoms with Gasteiger partial charge in [-0.1, -0.05) is 30.4 Å². The molecule has 0 spiro atoms. The lowest BCUT2D eigenvalue weighted by Crippen LogP contribution is -2.48. The largest absolute Gasteiger partial charge is 0.368 e. The van der Waals surface area contributed by atoms with E-state index in [0.717, 1.165) is 43.0 Å². The van der Waals surface area contributed by atoms with Crippen LogP contribution in [0.5, 0.6) is 0 Å². The third kappa shape index (κ3) is 4.79. The molecule has 156 valence electrons. The van der Waals surface area contributed by atoms with Gasteiger partial charge in [0.1, 0.15) is 10.8 Å². The van der Waals surface area contributed by atoms with Crippen molar-refractivity contribution in [2.24, 2.45) is 0 Å². The van der Waals surface area contributed by atoms with Gasteiger partial charge in [-0.3, -0.25) is 4.98 Å². The average molecular weight is 424 g/mol. The van der Waals surface area contributed by atoms with Crippen molar-refractivity contribution >= 4 is 28.1 Å². The number of aryl methyl sites for hydroxylation is 1. The zero-order chi connectivity index (χ0) is 21.1. The summed E-state index contributed by atoms with van der Waals surface area (Å²) in [4.78, 5) is 10.3. The molecule has 3 aromatic rings. The van der Waals surface area contributed by atoms with Crippen LogP contribution in [-0.2, 0) is 6.54 Å². The number of hydrogen-bond donors (Lipinski definition) is 3. The lowest BCUT2D eigenvalue weighted by atomic mass is 10.1. The van der Waals surface area contributed by atoms with Gasteiger partial charge in [0.25, 0.3) is 0 Å². The van der Waals surface area contributed by atoms with Crippen molar-refractivity contribution in [2.75, 3.05) is 13.1 Å². The normalized spacial score (nSPS) is 16.5. The van der Waals surface area contributed by atoms with Crippen molar-refractivity contribution in [3.8, 4) is 0 Å². The first kappa shape index (κ1) is 20.3. The highest BCUT2D eigenvalue weighted by Crippen LogP contribution is 2.17. The third-order valence-electron chi connectivity index (χ3n) is 5.36. The summed E-state index contributed by atoms with van der Waals surface area (Å²) in [5.41, 5.74) is 4.15. The van der Waals surface area contributed by atoms with Gasteiger partial charge in [-0.15, -0.1) is 0 Å². The number of piperidine rings is 1. The van der Waals surface area contributed by atoms with E-state index in [0.29, 0.717) is 17.2 Å². The van der Waals surface area contributed by atoms with E-state index in [1.807, 2.05) is 0 Å². The molecule has 1 saturated heterocycles. The summed E-state index contributed by atoms with van der Waals surface area (Å²) in [7, 11) is 0. The number of fused-ring (bicyclic) bond motifs is 1. The van der Waals surface area contributed by atoms with Crippen molar-refractivity contribution in [2.45, 2.75) is 32.4 Å². The number of aromatic nitrogens is 2. The van der Waals surface area contributed by atoms with Crippen LogP contribution in [0, 0.1) is 12.7 Å². The molecule has 0 saturated carbocycles. The molecule has 0 radical (unpaired) electrons. The molecule has 7 heteroatoms. The molecule has 0 bridgehead atoms. The highest BCUT2D eigenvalue weighted by Gasteiger charge is 2.23. The summed E-state index contributed by atoms with van der Waals surface area (Å²) in [5.74, 6) is 0.440. The molecule has 30 heavy (non-hydrogen) atoms.